The van der Waals surface area contributed by atoms with Gasteiger partial charge >= 0.3 is 11.9 Å². The van der Waals surface area contributed by atoms with Crippen LogP contribution in [0.25, 0.3) is 6.08 Å². The van der Waals surface area contributed by atoms with Gasteiger partial charge in [-0.2, -0.15) is 0 Å². The van der Waals surface area contributed by atoms with Crippen LogP contribution in [0.3, 0.4) is 0 Å². The zero-order valence-electron chi connectivity index (χ0n) is 11.9. The summed E-state index contributed by atoms with van der Waals surface area (Å²) >= 11 is 0. The lowest BCUT2D eigenvalue weighted by Crippen LogP contribution is -2.11. The van der Waals surface area contributed by atoms with E-state index in [4.69, 9.17) is 9.47 Å². The number of hydrogen-bond acceptors (Lipinski definition) is 5. The summed E-state index contributed by atoms with van der Waals surface area (Å²) in [5.41, 5.74) is 0.855. The van der Waals surface area contributed by atoms with Crippen molar-refractivity contribution >= 4 is 18.0 Å². The van der Waals surface area contributed by atoms with Gasteiger partial charge in [0.25, 0.3) is 0 Å². The SMILES string of the molecule is C=CC(=O)OCCOC(=O)/C=C/c1ccc(OCC)cc1. The molecule has 0 aliphatic carbocycles. The highest BCUT2D eigenvalue weighted by Gasteiger charge is 1.99. The molecule has 0 unspecified atom stereocenters. The van der Waals surface area contributed by atoms with Crippen LogP contribution >= 0.6 is 0 Å². The number of esters is 2. The van der Waals surface area contributed by atoms with Crippen LogP contribution < -0.4 is 4.74 Å². The predicted octanol–water partition coefficient (Wildman–Crippen LogP) is 2.37. The number of ether oxygens (including phenoxy) is 3. The van der Waals surface area contributed by atoms with Crippen LogP contribution in [0.15, 0.2) is 43.0 Å². The van der Waals surface area contributed by atoms with Crippen molar-refractivity contribution in [1.29, 1.82) is 0 Å². The summed E-state index contributed by atoms with van der Waals surface area (Å²) in [6.45, 7) is 5.79. The second kappa shape index (κ2) is 9.36. The number of rotatable bonds is 8. The molecule has 21 heavy (non-hydrogen) atoms. The zero-order chi connectivity index (χ0) is 15.5. The van der Waals surface area contributed by atoms with Crippen molar-refractivity contribution in [2.75, 3.05) is 19.8 Å². The molecule has 5 heteroatoms. The smallest absolute Gasteiger partial charge is 0.330 e. The van der Waals surface area contributed by atoms with E-state index in [1.807, 2.05) is 31.2 Å². The van der Waals surface area contributed by atoms with Gasteiger partial charge in [-0.05, 0) is 30.7 Å². The van der Waals surface area contributed by atoms with Gasteiger partial charge in [0, 0.05) is 12.2 Å². The van der Waals surface area contributed by atoms with Crippen LogP contribution in [0.4, 0.5) is 0 Å². The van der Waals surface area contributed by atoms with Crippen LogP contribution in [-0.2, 0) is 19.1 Å². The molecule has 5 nitrogen and oxygen atoms in total. The van der Waals surface area contributed by atoms with Crippen molar-refractivity contribution in [2.45, 2.75) is 6.92 Å². The zero-order valence-corrected chi connectivity index (χ0v) is 11.9. The maximum atomic E-state index is 11.4. The van der Waals surface area contributed by atoms with Crippen molar-refractivity contribution in [3.05, 3.63) is 48.6 Å². The minimum atomic E-state index is -0.545. The van der Waals surface area contributed by atoms with Gasteiger partial charge in [0.05, 0.1) is 6.61 Å². The van der Waals surface area contributed by atoms with Gasteiger partial charge in [-0.1, -0.05) is 18.7 Å². The normalized spacial score (nSPS) is 10.1. The first-order chi connectivity index (χ1) is 10.2. The molecule has 0 radical (unpaired) electrons. The first kappa shape index (κ1) is 16.5. The summed E-state index contributed by atoms with van der Waals surface area (Å²) in [6.07, 6.45) is 3.99. The number of carbonyl (C=O) groups excluding carboxylic acids is 2. The van der Waals surface area contributed by atoms with Gasteiger partial charge in [0.1, 0.15) is 19.0 Å². The monoisotopic (exact) mass is 290 g/mol. The topological polar surface area (TPSA) is 61.8 Å². The summed E-state index contributed by atoms with van der Waals surface area (Å²) in [5, 5.41) is 0. The van der Waals surface area contributed by atoms with Gasteiger partial charge in [0.2, 0.25) is 0 Å². The Balaban J connectivity index is 2.33. The molecule has 112 valence electrons. The molecule has 0 atom stereocenters. The average molecular weight is 290 g/mol. The highest BCUT2D eigenvalue weighted by molar-refractivity contribution is 5.87. The van der Waals surface area contributed by atoms with E-state index in [0.29, 0.717) is 6.61 Å². The quantitative estimate of drug-likeness (QED) is 0.418. The van der Waals surface area contributed by atoms with Crippen molar-refractivity contribution in [3.63, 3.8) is 0 Å². The molecule has 0 spiro atoms. The van der Waals surface area contributed by atoms with E-state index in [9.17, 15) is 9.59 Å². The van der Waals surface area contributed by atoms with Gasteiger partial charge in [0.15, 0.2) is 0 Å². The molecule has 0 heterocycles. The summed E-state index contributed by atoms with van der Waals surface area (Å²) in [7, 11) is 0. The van der Waals surface area contributed by atoms with Crippen LogP contribution in [0, 0.1) is 0 Å². The molecule has 0 amide bonds. The molecular weight excluding hydrogens is 272 g/mol. The van der Waals surface area contributed by atoms with Crippen LogP contribution in [0.1, 0.15) is 12.5 Å². The lowest BCUT2D eigenvalue weighted by molar-refractivity contribution is -0.145. The maximum absolute atomic E-state index is 11.4. The third-order valence-corrected chi connectivity index (χ3v) is 2.34. The molecule has 1 rings (SSSR count). The molecule has 0 bridgehead atoms. The van der Waals surface area contributed by atoms with E-state index in [0.717, 1.165) is 17.4 Å². The van der Waals surface area contributed by atoms with Gasteiger partial charge in [-0.15, -0.1) is 0 Å². The Morgan fingerprint density at radius 2 is 1.71 bits per heavy atom. The Bertz CT molecular complexity index is 502. The van der Waals surface area contributed by atoms with Crippen LogP contribution in [0.2, 0.25) is 0 Å². The molecule has 0 saturated heterocycles. The molecule has 0 fully saturated rings. The minimum Gasteiger partial charge on any atom is -0.494 e. The summed E-state index contributed by atoms with van der Waals surface area (Å²) in [5.74, 6) is -0.268. The average Bonchev–Trinajstić information content (AvgIpc) is 2.51. The van der Waals surface area contributed by atoms with Crippen molar-refractivity contribution < 1.29 is 23.8 Å². The van der Waals surface area contributed by atoms with Gasteiger partial charge in [-0.25, -0.2) is 9.59 Å². The maximum Gasteiger partial charge on any atom is 0.330 e. The number of hydrogen-bond donors (Lipinski definition) is 0. The van der Waals surface area contributed by atoms with Gasteiger partial charge < -0.3 is 14.2 Å². The molecule has 1 aromatic rings. The fourth-order valence-electron chi connectivity index (χ4n) is 1.40. The Labute approximate surface area is 123 Å². The Morgan fingerprint density at radius 1 is 1.10 bits per heavy atom. The third kappa shape index (κ3) is 6.96. The lowest BCUT2D eigenvalue weighted by atomic mass is 10.2. The summed E-state index contributed by atoms with van der Waals surface area (Å²) < 4.78 is 14.8. The van der Waals surface area contributed by atoms with E-state index in [2.05, 4.69) is 11.3 Å². The first-order valence-corrected chi connectivity index (χ1v) is 6.52. The van der Waals surface area contributed by atoms with Gasteiger partial charge in [-0.3, -0.25) is 0 Å². The summed E-state index contributed by atoms with van der Waals surface area (Å²) in [6, 6.07) is 7.31. The molecule has 1 aromatic carbocycles. The molecule has 0 N–H and O–H groups in total. The van der Waals surface area contributed by atoms with Crippen molar-refractivity contribution in [2.24, 2.45) is 0 Å². The second-order valence-electron chi connectivity index (χ2n) is 3.87. The van der Waals surface area contributed by atoms with E-state index < -0.39 is 11.9 Å². The van der Waals surface area contributed by atoms with E-state index >= 15 is 0 Å². The molecular formula is C16H18O5. The second-order valence-corrected chi connectivity index (χ2v) is 3.87. The summed E-state index contributed by atoms with van der Waals surface area (Å²) in [4.78, 5) is 22.1. The predicted molar refractivity (Wildman–Crippen MR) is 78.8 cm³/mol. The van der Waals surface area contributed by atoms with Crippen LogP contribution in [0.5, 0.6) is 5.75 Å². The molecule has 0 saturated carbocycles. The highest BCUT2D eigenvalue weighted by atomic mass is 16.6. The van der Waals surface area contributed by atoms with E-state index in [-0.39, 0.29) is 13.2 Å². The molecule has 0 aliphatic rings. The molecule has 0 aliphatic heterocycles. The first-order valence-electron chi connectivity index (χ1n) is 6.52. The number of carbonyl (C=O) groups is 2. The Hall–Kier alpha value is -2.56. The lowest BCUT2D eigenvalue weighted by Gasteiger charge is -2.03. The highest BCUT2D eigenvalue weighted by Crippen LogP contribution is 2.12. The standard InChI is InChI=1S/C16H18O5/c1-3-15(17)20-11-12-21-16(18)10-7-13-5-8-14(9-6-13)19-4-2/h3,5-10H,1,4,11-12H2,2H3/b10-7+. The van der Waals surface area contributed by atoms with E-state index in [1.54, 1.807) is 6.08 Å². The molecule has 0 aromatic heterocycles. The third-order valence-electron chi connectivity index (χ3n) is 2.34. The Morgan fingerprint density at radius 3 is 2.29 bits per heavy atom. The Kier molecular flexibility index (Phi) is 7.35. The van der Waals surface area contributed by atoms with Crippen LogP contribution in [-0.4, -0.2) is 31.8 Å². The fraction of sp³-hybridized carbons (Fsp3) is 0.250. The number of benzene rings is 1. The van der Waals surface area contributed by atoms with E-state index in [1.165, 1.54) is 6.08 Å². The van der Waals surface area contributed by atoms with Crippen molar-refractivity contribution in [3.8, 4) is 5.75 Å². The minimum absolute atomic E-state index is 0.00598. The largest absolute Gasteiger partial charge is 0.494 e. The fourth-order valence-corrected chi connectivity index (χ4v) is 1.40. The van der Waals surface area contributed by atoms with Crippen molar-refractivity contribution in [1.82, 2.24) is 0 Å².